The SMILES string of the molecule is O=C(NCc1ccco1)c1ccc(COc2ccc3c(c2)C(c2ccc(F)cc2)N(C(=O)C2CC2)CC3)o1. The summed E-state index contributed by atoms with van der Waals surface area (Å²) in [5, 5.41) is 2.75. The monoisotopic (exact) mass is 514 g/mol. The number of fused-ring (bicyclic) bond motifs is 1. The maximum absolute atomic E-state index is 13.7. The summed E-state index contributed by atoms with van der Waals surface area (Å²) in [6.07, 6.45) is 4.15. The van der Waals surface area contributed by atoms with Gasteiger partial charge >= 0.3 is 0 Å². The van der Waals surface area contributed by atoms with Gasteiger partial charge in [-0.15, -0.1) is 0 Å². The second-order valence-corrected chi connectivity index (χ2v) is 9.69. The van der Waals surface area contributed by atoms with E-state index in [1.54, 1.807) is 42.7 Å². The fourth-order valence-corrected chi connectivity index (χ4v) is 4.89. The minimum absolute atomic E-state index is 0.0864. The van der Waals surface area contributed by atoms with Gasteiger partial charge in [0.25, 0.3) is 5.91 Å². The maximum atomic E-state index is 13.7. The minimum Gasteiger partial charge on any atom is -0.486 e. The van der Waals surface area contributed by atoms with Gasteiger partial charge in [-0.1, -0.05) is 18.2 Å². The van der Waals surface area contributed by atoms with Crippen LogP contribution in [0.1, 0.15) is 57.6 Å². The first-order valence-corrected chi connectivity index (χ1v) is 12.8. The van der Waals surface area contributed by atoms with Gasteiger partial charge in [-0.25, -0.2) is 4.39 Å². The first-order valence-electron chi connectivity index (χ1n) is 12.8. The van der Waals surface area contributed by atoms with E-state index >= 15 is 0 Å². The zero-order valence-electron chi connectivity index (χ0n) is 20.7. The van der Waals surface area contributed by atoms with Crippen LogP contribution in [0.25, 0.3) is 0 Å². The zero-order valence-corrected chi connectivity index (χ0v) is 20.7. The Morgan fingerprint density at radius 2 is 1.87 bits per heavy atom. The average molecular weight is 515 g/mol. The molecule has 194 valence electrons. The highest BCUT2D eigenvalue weighted by molar-refractivity contribution is 5.91. The summed E-state index contributed by atoms with van der Waals surface area (Å²) in [6, 6.07) is 18.8. The van der Waals surface area contributed by atoms with Crippen molar-refractivity contribution in [1.82, 2.24) is 10.2 Å². The molecule has 0 saturated heterocycles. The lowest BCUT2D eigenvalue weighted by molar-refractivity contribution is -0.134. The van der Waals surface area contributed by atoms with Crippen molar-refractivity contribution in [3.63, 3.8) is 0 Å². The smallest absolute Gasteiger partial charge is 0.287 e. The second kappa shape index (κ2) is 10.2. The third-order valence-electron chi connectivity index (χ3n) is 7.01. The first-order chi connectivity index (χ1) is 18.5. The number of amides is 2. The molecule has 1 aliphatic carbocycles. The van der Waals surface area contributed by atoms with Crippen molar-refractivity contribution in [3.8, 4) is 5.75 Å². The molecule has 0 bridgehead atoms. The topological polar surface area (TPSA) is 84.9 Å². The molecule has 6 rings (SSSR count). The minimum atomic E-state index is -0.344. The maximum Gasteiger partial charge on any atom is 0.287 e. The van der Waals surface area contributed by atoms with Crippen LogP contribution in [0.5, 0.6) is 5.75 Å². The van der Waals surface area contributed by atoms with Crippen molar-refractivity contribution in [3.05, 3.63) is 113 Å². The Labute approximate surface area is 219 Å². The Morgan fingerprint density at radius 3 is 2.63 bits per heavy atom. The van der Waals surface area contributed by atoms with E-state index in [0.29, 0.717) is 23.8 Å². The van der Waals surface area contributed by atoms with E-state index in [1.165, 1.54) is 12.1 Å². The van der Waals surface area contributed by atoms with Crippen molar-refractivity contribution >= 4 is 11.8 Å². The molecule has 7 nitrogen and oxygen atoms in total. The molecule has 0 radical (unpaired) electrons. The summed E-state index contributed by atoms with van der Waals surface area (Å²) >= 11 is 0. The molecular weight excluding hydrogens is 487 g/mol. The third-order valence-corrected chi connectivity index (χ3v) is 7.01. The summed E-state index contributed by atoms with van der Waals surface area (Å²) in [6.45, 7) is 1.03. The number of rotatable bonds is 8. The van der Waals surface area contributed by atoms with Crippen LogP contribution >= 0.6 is 0 Å². The molecule has 2 aromatic heterocycles. The summed E-state index contributed by atoms with van der Waals surface area (Å²) in [4.78, 5) is 27.5. The van der Waals surface area contributed by atoms with Gasteiger partial charge in [0.15, 0.2) is 5.76 Å². The molecule has 0 spiro atoms. The third kappa shape index (κ3) is 5.07. The number of furan rings is 2. The highest BCUT2D eigenvalue weighted by Gasteiger charge is 2.39. The summed E-state index contributed by atoms with van der Waals surface area (Å²) in [7, 11) is 0. The number of ether oxygens (including phenoxy) is 1. The van der Waals surface area contributed by atoms with E-state index in [4.69, 9.17) is 13.6 Å². The van der Waals surface area contributed by atoms with Gasteiger partial charge in [-0.3, -0.25) is 9.59 Å². The quantitative estimate of drug-likeness (QED) is 0.340. The Hall–Kier alpha value is -4.33. The van der Waals surface area contributed by atoms with Crippen LogP contribution < -0.4 is 10.1 Å². The van der Waals surface area contributed by atoms with Crippen molar-refractivity contribution in [2.24, 2.45) is 5.92 Å². The predicted octanol–water partition coefficient (Wildman–Crippen LogP) is 5.40. The van der Waals surface area contributed by atoms with Gasteiger partial charge in [0.05, 0.1) is 18.8 Å². The van der Waals surface area contributed by atoms with Gasteiger partial charge in [-0.2, -0.15) is 0 Å². The highest BCUT2D eigenvalue weighted by atomic mass is 19.1. The van der Waals surface area contributed by atoms with Crippen LogP contribution in [0.4, 0.5) is 4.39 Å². The van der Waals surface area contributed by atoms with Crippen LogP contribution in [0.2, 0.25) is 0 Å². The lowest BCUT2D eigenvalue weighted by atomic mass is 9.87. The van der Waals surface area contributed by atoms with Crippen LogP contribution in [0, 0.1) is 11.7 Å². The number of nitrogens with zero attached hydrogens (tertiary/aromatic N) is 1. The number of benzene rings is 2. The van der Waals surface area contributed by atoms with E-state index < -0.39 is 0 Å². The molecule has 2 aromatic carbocycles. The second-order valence-electron chi connectivity index (χ2n) is 9.69. The number of hydrogen-bond donors (Lipinski definition) is 1. The summed E-state index contributed by atoms with van der Waals surface area (Å²) in [5.41, 5.74) is 2.99. The average Bonchev–Trinajstić information content (AvgIpc) is 3.44. The number of halogens is 1. The highest BCUT2D eigenvalue weighted by Crippen LogP contribution is 2.41. The van der Waals surface area contributed by atoms with Crippen molar-refractivity contribution in [2.75, 3.05) is 6.54 Å². The molecule has 2 aliphatic rings. The van der Waals surface area contributed by atoms with Crippen molar-refractivity contribution in [1.29, 1.82) is 0 Å². The molecule has 1 unspecified atom stereocenters. The molecular formula is C30H27FN2O5. The van der Waals surface area contributed by atoms with Crippen molar-refractivity contribution in [2.45, 2.75) is 38.5 Å². The number of hydrogen-bond acceptors (Lipinski definition) is 5. The Balaban J connectivity index is 1.18. The molecule has 1 atom stereocenters. The molecule has 8 heteroatoms. The Bertz CT molecular complexity index is 1440. The van der Waals surface area contributed by atoms with Crippen molar-refractivity contribution < 1.29 is 27.6 Å². The van der Waals surface area contributed by atoms with Crippen LogP contribution in [-0.2, 0) is 24.4 Å². The molecule has 1 fully saturated rings. The molecule has 1 N–H and O–H groups in total. The molecule has 4 aromatic rings. The van der Waals surface area contributed by atoms with Gasteiger partial charge in [0, 0.05) is 12.5 Å². The van der Waals surface area contributed by atoms with E-state index in [0.717, 1.165) is 36.0 Å². The predicted molar refractivity (Wildman–Crippen MR) is 136 cm³/mol. The summed E-state index contributed by atoms with van der Waals surface area (Å²) < 4.78 is 30.6. The Kier molecular flexibility index (Phi) is 6.45. The fourth-order valence-electron chi connectivity index (χ4n) is 4.89. The molecule has 2 amide bonds. The number of carbonyl (C=O) groups excluding carboxylic acids is 2. The van der Waals surface area contributed by atoms with Crippen LogP contribution in [-0.4, -0.2) is 23.3 Å². The molecule has 1 saturated carbocycles. The molecule has 1 aliphatic heterocycles. The largest absolute Gasteiger partial charge is 0.486 e. The zero-order chi connectivity index (χ0) is 26.1. The van der Waals surface area contributed by atoms with E-state index in [1.807, 2.05) is 23.1 Å². The Morgan fingerprint density at radius 1 is 1.03 bits per heavy atom. The number of nitrogens with one attached hydrogen (secondary N) is 1. The van der Waals surface area contributed by atoms with Gasteiger partial charge in [0.2, 0.25) is 5.91 Å². The normalized spacial score (nSPS) is 16.7. The lowest BCUT2D eigenvalue weighted by Gasteiger charge is -2.38. The molecule has 3 heterocycles. The van der Waals surface area contributed by atoms with Gasteiger partial charge in [0.1, 0.15) is 29.7 Å². The van der Waals surface area contributed by atoms with Gasteiger partial charge in [-0.05, 0) is 84.5 Å². The standard InChI is InChI=1S/C30H27FN2O5/c31-22-8-5-20(6-9-22)28-26-16-23(10-7-19(26)13-14-33(28)30(35)21-3-4-21)37-18-25-11-12-27(38-25)29(34)32-17-24-2-1-15-36-24/h1-2,5-12,15-16,21,28H,3-4,13-14,17-18H2,(H,32,34). The van der Waals surface area contributed by atoms with Crippen LogP contribution in [0.15, 0.2) is 81.8 Å². The van der Waals surface area contributed by atoms with E-state index in [9.17, 15) is 14.0 Å². The van der Waals surface area contributed by atoms with E-state index in [-0.39, 0.29) is 48.5 Å². The van der Waals surface area contributed by atoms with Gasteiger partial charge < -0.3 is 23.8 Å². The number of carbonyl (C=O) groups is 2. The lowest BCUT2D eigenvalue weighted by Crippen LogP contribution is -2.41. The summed E-state index contributed by atoms with van der Waals surface area (Å²) in [5.74, 6) is 1.55. The van der Waals surface area contributed by atoms with E-state index in [2.05, 4.69) is 5.32 Å². The first kappa shape index (κ1) is 24.0. The fraction of sp³-hybridized carbons (Fsp3) is 0.267. The molecule has 38 heavy (non-hydrogen) atoms. The van der Waals surface area contributed by atoms with Crippen LogP contribution in [0.3, 0.4) is 0 Å².